The summed E-state index contributed by atoms with van der Waals surface area (Å²) in [5, 5.41) is 30.4. The second-order valence-electron chi connectivity index (χ2n) is 6.29. The third-order valence-electron chi connectivity index (χ3n) is 4.74. The van der Waals surface area contributed by atoms with Crippen molar-refractivity contribution < 1.29 is 19.7 Å². The van der Waals surface area contributed by atoms with Crippen molar-refractivity contribution in [3.05, 3.63) is 71.5 Å². The van der Waals surface area contributed by atoms with Crippen molar-refractivity contribution in [2.24, 2.45) is 0 Å². The van der Waals surface area contributed by atoms with Crippen molar-refractivity contribution in [1.29, 1.82) is 0 Å². The minimum atomic E-state index is -1.01. The molecular formula is C19H22FNO3. The number of hydrogen-bond donors (Lipinski definition) is 3. The van der Waals surface area contributed by atoms with Gasteiger partial charge in [0.05, 0.1) is 24.9 Å². The van der Waals surface area contributed by atoms with Gasteiger partial charge in [-0.1, -0.05) is 42.5 Å². The first-order chi connectivity index (χ1) is 11.6. The highest BCUT2D eigenvalue weighted by Gasteiger charge is 2.46. The number of nitrogens with zero attached hydrogens (tertiary/aromatic N) is 1. The van der Waals surface area contributed by atoms with Gasteiger partial charge >= 0.3 is 0 Å². The largest absolute Gasteiger partial charge is 0.395 e. The van der Waals surface area contributed by atoms with Crippen molar-refractivity contribution in [3.8, 4) is 0 Å². The van der Waals surface area contributed by atoms with Gasteiger partial charge in [0.1, 0.15) is 5.82 Å². The number of aliphatic hydroxyl groups excluding tert-OH is 3. The second kappa shape index (κ2) is 7.40. The van der Waals surface area contributed by atoms with Crippen molar-refractivity contribution in [3.63, 3.8) is 0 Å². The number of benzene rings is 2. The zero-order valence-corrected chi connectivity index (χ0v) is 13.3. The number of halogens is 1. The minimum absolute atomic E-state index is 0.245. The molecule has 5 heteroatoms. The summed E-state index contributed by atoms with van der Waals surface area (Å²) in [5.74, 6) is -0.306. The lowest BCUT2D eigenvalue weighted by molar-refractivity contribution is 0.0178. The maximum absolute atomic E-state index is 13.1. The van der Waals surface area contributed by atoms with Gasteiger partial charge in [0.25, 0.3) is 0 Å². The van der Waals surface area contributed by atoms with Crippen LogP contribution < -0.4 is 0 Å². The molecule has 1 aliphatic heterocycles. The van der Waals surface area contributed by atoms with E-state index >= 15 is 0 Å². The van der Waals surface area contributed by atoms with Crippen molar-refractivity contribution in [1.82, 2.24) is 4.90 Å². The van der Waals surface area contributed by atoms with E-state index < -0.39 is 18.2 Å². The molecular weight excluding hydrogens is 309 g/mol. The summed E-state index contributed by atoms with van der Waals surface area (Å²) in [5.41, 5.74) is 1.92. The fourth-order valence-corrected chi connectivity index (χ4v) is 3.44. The molecule has 0 spiro atoms. The normalized spacial score (nSPS) is 27.5. The van der Waals surface area contributed by atoms with Gasteiger partial charge in [-0.2, -0.15) is 0 Å². The Balaban J connectivity index is 1.84. The zero-order valence-electron chi connectivity index (χ0n) is 13.3. The highest BCUT2D eigenvalue weighted by atomic mass is 19.1. The van der Waals surface area contributed by atoms with Crippen LogP contribution >= 0.6 is 0 Å². The van der Waals surface area contributed by atoms with Crippen LogP contribution in [0.15, 0.2) is 54.6 Å². The summed E-state index contributed by atoms with van der Waals surface area (Å²) in [4.78, 5) is 1.91. The molecule has 1 saturated heterocycles. The Kier molecular flexibility index (Phi) is 5.26. The maximum Gasteiger partial charge on any atom is 0.123 e. The molecule has 1 aliphatic rings. The summed E-state index contributed by atoms with van der Waals surface area (Å²) < 4.78 is 13.1. The number of rotatable bonds is 5. The molecule has 3 rings (SSSR count). The Bertz CT molecular complexity index is 649. The van der Waals surface area contributed by atoms with E-state index in [1.165, 1.54) is 12.1 Å². The van der Waals surface area contributed by atoms with E-state index in [-0.39, 0.29) is 18.5 Å². The molecule has 0 amide bonds. The van der Waals surface area contributed by atoms with Crippen LogP contribution in [-0.4, -0.2) is 51.1 Å². The first kappa shape index (κ1) is 17.0. The predicted octanol–water partition coefficient (Wildman–Crippen LogP) is 1.34. The van der Waals surface area contributed by atoms with Crippen molar-refractivity contribution >= 4 is 0 Å². The molecule has 2 aromatic carbocycles. The fraction of sp³-hybridized carbons (Fsp3) is 0.368. The average Bonchev–Trinajstić information content (AvgIpc) is 2.82. The van der Waals surface area contributed by atoms with Gasteiger partial charge in [0.2, 0.25) is 0 Å². The van der Waals surface area contributed by atoms with Gasteiger partial charge < -0.3 is 15.3 Å². The van der Waals surface area contributed by atoms with E-state index in [1.807, 2.05) is 35.2 Å². The topological polar surface area (TPSA) is 63.9 Å². The highest BCUT2D eigenvalue weighted by Crippen LogP contribution is 2.29. The lowest BCUT2D eigenvalue weighted by Crippen LogP contribution is -2.41. The fourth-order valence-electron chi connectivity index (χ4n) is 3.44. The number of aliphatic hydroxyl groups is 3. The second-order valence-corrected chi connectivity index (χ2v) is 6.29. The Labute approximate surface area is 140 Å². The van der Waals surface area contributed by atoms with Crippen LogP contribution in [0.2, 0.25) is 0 Å². The summed E-state index contributed by atoms with van der Waals surface area (Å²) in [7, 11) is 0. The van der Waals surface area contributed by atoms with Gasteiger partial charge in [-0.3, -0.25) is 4.90 Å². The van der Waals surface area contributed by atoms with E-state index in [2.05, 4.69) is 0 Å². The maximum atomic E-state index is 13.1. The zero-order chi connectivity index (χ0) is 17.1. The molecule has 2 aromatic rings. The monoisotopic (exact) mass is 331 g/mol. The molecule has 0 saturated carbocycles. The summed E-state index contributed by atoms with van der Waals surface area (Å²) >= 11 is 0. The van der Waals surface area contributed by atoms with E-state index in [0.717, 1.165) is 11.1 Å². The molecule has 0 unspecified atom stereocenters. The van der Waals surface area contributed by atoms with Crippen LogP contribution in [0.1, 0.15) is 11.1 Å². The lowest BCUT2D eigenvalue weighted by atomic mass is 10.0. The van der Waals surface area contributed by atoms with Crippen LogP contribution in [0.4, 0.5) is 4.39 Å². The third-order valence-corrected chi connectivity index (χ3v) is 4.74. The van der Waals surface area contributed by atoms with Gasteiger partial charge in [0.15, 0.2) is 0 Å². The number of likely N-dealkylation sites (tertiary alicyclic amines) is 1. The standard InChI is InChI=1S/C19H22FNO3/c20-15-8-6-14(7-9-15)11-21-16(10-13-4-2-1-3-5-13)18(23)19(24)17(21)12-22/h1-9,16-19,22-24H,10-12H2/t16-,17+,18-,19+/m0/s1. The Hall–Kier alpha value is -1.79. The van der Waals surface area contributed by atoms with E-state index in [4.69, 9.17) is 0 Å². The molecule has 24 heavy (non-hydrogen) atoms. The molecule has 0 aliphatic carbocycles. The van der Waals surface area contributed by atoms with E-state index in [1.54, 1.807) is 12.1 Å². The summed E-state index contributed by atoms with van der Waals surface area (Å²) in [6.45, 7) is 0.182. The predicted molar refractivity (Wildman–Crippen MR) is 88.8 cm³/mol. The van der Waals surface area contributed by atoms with E-state index in [0.29, 0.717) is 13.0 Å². The molecule has 3 N–H and O–H groups in total. The van der Waals surface area contributed by atoms with Crippen LogP contribution in [0.5, 0.6) is 0 Å². The first-order valence-electron chi connectivity index (χ1n) is 8.11. The van der Waals surface area contributed by atoms with Crippen molar-refractivity contribution in [2.45, 2.75) is 37.3 Å². The van der Waals surface area contributed by atoms with Gasteiger partial charge in [-0.25, -0.2) is 4.39 Å². The highest BCUT2D eigenvalue weighted by molar-refractivity contribution is 5.20. The molecule has 1 heterocycles. The smallest absolute Gasteiger partial charge is 0.123 e. The van der Waals surface area contributed by atoms with Crippen molar-refractivity contribution in [2.75, 3.05) is 6.61 Å². The summed E-state index contributed by atoms with van der Waals surface area (Å²) in [6, 6.07) is 15.0. The average molecular weight is 331 g/mol. The summed E-state index contributed by atoms with van der Waals surface area (Å²) in [6.07, 6.45) is -1.39. The molecule has 4 atom stereocenters. The Morgan fingerprint density at radius 2 is 1.46 bits per heavy atom. The Morgan fingerprint density at radius 1 is 0.833 bits per heavy atom. The third kappa shape index (κ3) is 3.49. The van der Waals surface area contributed by atoms with Crippen LogP contribution in [0, 0.1) is 5.82 Å². The molecule has 0 radical (unpaired) electrons. The minimum Gasteiger partial charge on any atom is -0.395 e. The van der Waals surface area contributed by atoms with E-state index in [9.17, 15) is 19.7 Å². The quantitative estimate of drug-likeness (QED) is 0.774. The van der Waals surface area contributed by atoms with Crippen LogP contribution in [0.3, 0.4) is 0 Å². The molecule has 0 bridgehead atoms. The number of hydrogen-bond acceptors (Lipinski definition) is 4. The SMILES string of the molecule is OC[C@@H]1[C@@H](O)[C@@H](O)[C@H](Cc2ccccc2)N1Cc1ccc(F)cc1. The first-order valence-corrected chi connectivity index (χ1v) is 8.11. The van der Waals surface area contributed by atoms with Gasteiger partial charge in [-0.15, -0.1) is 0 Å². The van der Waals surface area contributed by atoms with Crippen LogP contribution in [0.25, 0.3) is 0 Å². The molecule has 4 nitrogen and oxygen atoms in total. The van der Waals surface area contributed by atoms with Gasteiger partial charge in [0, 0.05) is 12.6 Å². The molecule has 0 aromatic heterocycles. The lowest BCUT2D eigenvalue weighted by Gasteiger charge is -2.29. The van der Waals surface area contributed by atoms with Gasteiger partial charge in [-0.05, 0) is 29.7 Å². The van der Waals surface area contributed by atoms with Crippen LogP contribution in [-0.2, 0) is 13.0 Å². The molecule has 128 valence electrons. The Morgan fingerprint density at radius 3 is 2.08 bits per heavy atom. The molecule has 1 fully saturated rings.